The van der Waals surface area contributed by atoms with Crippen molar-refractivity contribution in [1.29, 1.82) is 0 Å². The van der Waals surface area contributed by atoms with E-state index in [1.807, 2.05) is 0 Å². The molecule has 0 saturated heterocycles. The molecule has 0 spiro atoms. The summed E-state index contributed by atoms with van der Waals surface area (Å²) >= 11 is 6.58. The SMILES string of the molecule is O=C(O)N(S)S.[CH2-]CCC.[CH2-]CCC.[Zn+2]. The Morgan fingerprint density at radius 1 is 1.20 bits per heavy atom. The maximum atomic E-state index is 9.47. The molecule has 6 heteroatoms. The second kappa shape index (κ2) is 24.0. The Morgan fingerprint density at radius 2 is 1.33 bits per heavy atom. The molecule has 0 unspecified atom stereocenters. The van der Waals surface area contributed by atoms with E-state index in [1.165, 1.54) is 12.8 Å². The van der Waals surface area contributed by atoms with Crippen LogP contribution >= 0.6 is 25.6 Å². The van der Waals surface area contributed by atoms with Crippen LogP contribution in [-0.2, 0) is 19.5 Å². The summed E-state index contributed by atoms with van der Waals surface area (Å²) in [5.41, 5.74) is 0. The number of nitrogens with zero attached hydrogens (tertiary/aromatic N) is 1. The molecular formula is C9H21NO2S2Zn. The normalized spacial score (nSPS) is 7.07. The molecule has 0 atom stereocenters. The van der Waals surface area contributed by atoms with Crippen molar-refractivity contribution < 1.29 is 29.4 Å². The zero-order chi connectivity index (χ0) is 12.0. The van der Waals surface area contributed by atoms with E-state index in [-0.39, 0.29) is 19.5 Å². The topological polar surface area (TPSA) is 40.5 Å². The Labute approximate surface area is 118 Å². The van der Waals surface area contributed by atoms with Gasteiger partial charge in [0, 0.05) is 0 Å². The average molecular weight is 305 g/mol. The third-order valence-corrected chi connectivity index (χ3v) is 1.22. The van der Waals surface area contributed by atoms with Crippen LogP contribution in [0.15, 0.2) is 0 Å². The van der Waals surface area contributed by atoms with E-state index in [2.05, 4.69) is 53.3 Å². The van der Waals surface area contributed by atoms with Gasteiger partial charge in [0.25, 0.3) is 0 Å². The Balaban J connectivity index is -0.0000000606. The van der Waals surface area contributed by atoms with E-state index in [9.17, 15) is 4.79 Å². The fourth-order valence-corrected chi connectivity index (χ4v) is 0. The predicted molar refractivity (Wildman–Crippen MR) is 68.4 cm³/mol. The van der Waals surface area contributed by atoms with Crippen LogP contribution in [0, 0.1) is 13.8 Å². The molecule has 15 heavy (non-hydrogen) atoms. The molecule has 0 aromatic carbocycles. The van der Waals surface area contributed by atoms with Gasteiger partial charge in [0.1, 0.15) is 0 Å². The minimum absolute atomic E-state index is 0. The van der Waals surface area contributed by atoms with Gasteiger partial charge < -0.3 is 19.0 Å². The molecule has 0 bridgehead atoms. The minimum atomic E-state index is -1.18. The molecule has 0 aromatic rings. The van der Waals surface area contributed by atoms with Crippen molar-refractivity contribution in [3.63, 3.8) is 0 Å². The van der Waals surface area contributed by atoms with Gasteiger partial charge >= 0.3 is 25.6 Å². The molecule has 0 heterocycles. The van der Waals surface area contributed by atoms with Crippen molar-refractivity contribution in [2.24, 2.45) is 0 Å². The Kier molecular flexibility index (Phi) is 39.6. The summed E-state index contributed by atoms with van der Waals surface area (Å²) < 4.78 is 0.472. The first-order chi connectivity index (χ1) is 6.47. The number of hydrogen-bond donors (Lipinski definition) is 3. The monoisotopic (exact) mass is 303 g/mol. The van der Waals surface area contributed by atoms with Gasteiger partial charge in [0.05, 0.1) is 0 Å². The van der Waals surface area contributed by atoms with Crippen LogP contribution in [0.1, 0.15) is 39.5 Å². The van der Waals surface area contributed by atoms with Crippen molar-refractivity contribution in [3.8, 4) is 0 Å². The molecular weight excluding hydrogens is 284 g/mol. The maximum Gasteiger partial charge on any atom is 2.00 e. The molecule has 0 fully saturated rings. The molecule has 0 radical (unpaired) electrons. The van der Waals surface area contributed by atoms with Gasteiger partial charge in [-0.15, -0.1) is 0 Å². The van der Waals surface area contributed by atoms with Crippen LogP contribution in [0.5, 0.6) is 0 Å². The van der Waals surface area contributed by atoms with Gasteiger partial charge in [-0.1, -0.05) is 26.7 Å². The first-order valence-corrected chi connectivity index (χ1v) is 5.27. The van der Waals surface area contributed by atoms with E-state index in [4.69, 9.17) is 5.11 Å². The first-order valence-electron chi connectivity index (χ1n) is 4.47. The zero-order valence-electron chi connectivity index (χ0n) is 9.65. The molecule has 1 amide bonds. The van der Waals surface area contributed by atoms with Crippen LogP contribution in [0.3, 0.4) is 0 Å². The zero-order valence-corrected chi connectivity index (χ0v) is 14.4. The molecule has 0 aliphatic rings. The van der Waals surface area contributed by atoms with Crippen LogP contribution in [0.2, 0.25) is 0 Å². The van der Waals surface area contributed by atoms with Crippen LogP contribution < -0.4 is 0 Å². The smallest absolute Gasteiger partial charge is 0.464 e. The Morgan fingerprint density at radius 3 is 1.33 bits per heavy atom. The Bertz CT molecular complexity index is 108. The molecule has 1 N–H and O–H groups in total. The quantitative estimate of drug-likeness (QED) is 0.411. The summed E-state index contributed by atoms with van der Waals surface area (Å²) in [4.78, 5) is 9.47. The predicted octanol–water partition coefficient (Wildman–Crippen LogP) is 3.89. The molecule has 0 rings (SSSR count). The molecule has 0 aliphatic carbocycles. The van der Waals surface area contributed by atoms with Crippen molar-refractivity contribution in [3.05, 3.63) is 13.8 Å². The number of amides is 1. The number of carbonyl (C=O) groups is 1. The van der Waals surface area contributed by atoms with Crippen molar-refractivity contribution in [2.75, 3.05) is 0 Å². The van der Waals surface area contributed by atoms with Crippen molar-refractivity contribution >= 4 is 31.7 Å². The van der Waals surface area contributed by atoms with E-state index in [0.717, 1.165) is 12.8 Å². The summed E-state index contributed by atoms with van der Waals surface area (Å²) in [5, 5.41) is 7.76. The second-order valence-electron chi connectivity index (χ2n) is 2.28. The van der Waals surface area contributed by atoms with E-state index < -0.39 is 6.09 Å². The van der Waals surface area contributed by atoms with Crippen LogP contribution in [0.25, 0.3) is 0 Å². The van der Waals surface area contributed by atoms with E-state index in [0.29, 0.717) is 3.71 Å². The van der Waals surface area contributed by atoms with Gasteiger partial charge in [-0.05, 0) is 25.6 Å². The summed E-state index contributed by atoms with van der Waals surface area (Å²) in [6.07, 6.45) is 3.38. The third-order valence-electron chi connectivity index (χ3n) is 0.878. The summed E-state index contributed by atoms with van der Waals surface area (Å²) in [5.74, 6) is 0. The maximum absolute atomic E-state index is 9.47. The average Bonchev–Trinajstić information content (AvgIpc) is 2.18. The first kappa shape index (κ1) is 24.7. The molecule has 0 aromatic heterocycles. The fourth-order valence-electron chi connectivity index (χ4n) is 0. The van der Waals surface area contributed by atoms with Gasteiger partial charge in [0.2, 0.25) is 0 Å². The number of carboxylic acid groups (broad SMARTS) is 1. The molecule has 0 saturated carbocycles. The number of hydrogen-bond acceptors (Lipinski definition) is 3. The molecule has 3 nitrogen and oxygen atoms in total. The van der Waals surface area contributed by atoms with Crippen LogP contribution in [-0.4, -0.2) is 14.9 Å². The standard InChI is InChI=1S/2C4H9.CH3NO2S2.Zn/c2*1-3-4-2;3-1(4)2(5)6;/h2*1,3-4H2,2H3;5-6H,(H,3,4);/q2*-1;;+2. The van der Waals surface area contributed by atoms with Gasteiger partial charge in [0.15, 0.2) is 0 Å². The van der Waals surface area contributed by atoms with Gasteiger partial charge in [-0.2, -0.15) is 16.6 Å². The van der Waals surface area contributed by atoms with Gasteiger partial charge in [-0.3, -0.25) is 0 Å². The number of unbranched alkanes of at least 4 members (excludes halogenated alkanes) is 2. The van der Waals surface area contributed by atoms with Crippen LogP contribution in [0.4, 0.5) is 4.79 Å². The Hall–Kier alpha value is 0.593. The molecule has 88 valence electrons. The van der Waals surface area contributed by atoms with Crippen molar-refractivity contribution in [1.82, 2.24) is 3.71 Å². The summed E-state index contributed by atoms with van der Waals surface area (Å²) in [7, 11) is 0. The third kappa shape index (κ3) is 53.2. The second-order valence-corrected chi connectivity index (χ2v) is 3.39. The van der Waals surface area contributed by atoms with E-state index >= 15 is 0 Å². The number of rotatable bonds is 2. The summed E-state index contributed by atoms with van der Waals surface area (Å²) in [6, 6.07) is 0. The largest absolute Gasteiger partial charge is 2.00 e. The van der Waals surface area contributed by atoms with E-state index in [1.54, 1.807) is 0 Å². The van der Waals surface area contributed by atoms with Gasteiger partial charge in [-0.25, -0.2) is 4.79 Å². The fraction of sp³-hybridized carbons (Fsp3) is 0.667. The van der Waals surface area contributed by atoms with Crippen molar-refractivity contribution in [2.45, 2.75) is 39.5 Å². The number of thiol groups is 2. The minimum Gasteiger partial charge on any atom is -0.464 e. The summed E-state index contributed by atoms with van der Waals surface area (Å²) in [6.45, 7) is 11.4. The molecule has 0 aliphatic heterocycles.